The summed E-state index contributed by atoms with van der Waals surface area (Å²) in [5, 5.41) is 7.57. The van der Waals surface area contributed by atoms with Crippen molar-refractivity contribution >= 4 is 40.5 Å². The van der Waals surface area contributed by atoms with Crippen LogP contribution in [0.4, 0.5) is 5.69 Å². The molecule has 5 nitrogen and oxygen atoms in total. The zero-order valence-corrected chi connectivity index (χ0v) is 16.6. The second kappa shape index (κ2) is 7.70. The Kier molecular flexibility index (Phi) is 5.13. The normalized spacial score (nSPS) is 13.7. The Morgan fingerprint density at radius 1 is 1.19 bits per heavy atom. The largest absolute Gasteiger partial charge is 0.300 e. The number of Topliss-reactive ketones (excluding diaryl/α,β-unsaturated/α-hetero) is 1. The van der Waals surface area contributed by atoms with Gasteiger partial charge in [0.2, 0.25) is 5.91 Å². The first-order chi connectivity index (χ1) is 13.1. The number of rotatable bonds is 6. The third-order valence-corrected chi connectivity index (χ3v) is 6.42. The molecule has 0 aliphatic carbocycles. The van der Waals surface area contributed by atoms with Crippen molar-refractivity contribution in [3.63, 3.8) is 0 Å². The first-order valence-corrected chi connectivity index (χ1v) is 10.6. The van der Waals surface area contributed by atoms with Gasteiger partial charge in [0.1, 0.15) is 5.03 Å². The summed E-state index contributed by atoms with van der Waals surface area (Å²) in [5.74, 6) is 0.359. The lowest BCUT2D eigenvalue weighted by molar-refractivity contribution is -0.121. The molecule has 0 bridgehead atoms. The SMILES string of the molecule is Cc1nn(-c2ccccc2)c2c1N(CC(=O)CCc1cccs1)C(=O)CS2. The van der Waals surface area contributed by atoms with Crippen LogP contribution in [0.3, 0.4) is 0 Å². The molecule has 138 valence electrons. The number of fused-ring (bicyclic) bond motifs is 1. The van der Waals surface area contributed by atoms with E-state index >= 15 is 0 Å². The number of anilines is 1. The van der Waals surface area contributed by atoms with Crippen LogP contribution in [0.25, 0.3) is 5.69 Å². The van der Waals surface area contributed by atoms with Crippen LogP contribution >= 0.6 is 23.1 Å². The number of carbonyl (C=O) groups excluding carboxylic acids is 2. The summed E-state index contributed by atoms with van der Waals surface area (Å²) in [6, 6.07) is 13.9. The predicted molar refractivity (Wildman–Crippen MR) is 109 cm³/mol. The first-order valence-electron chi connectivity index (χ1n) is 8.76. The Balaban J connectivity index is 1.57. The van der Waals surface area contributed by atoms with Gasteiger partial charge in [0, 0.05) is 11.3 Å². The highest BCUT2D eigenvalue weighted by Crippen LogP contribution is 2.39. The van der Waals surface area contributed by atoms with Crippen molar-refractivity contribution in [2.45, 2.75) is 24.8 Å². The number of nitrogens with zero attached hydrogens (tertiary/aromatic N) is 3. The van der Waals surface area contributed by atoms with E-state index in [1.54, 1.807) is 16.2 Å². The van der Waals surface area contributed by atoms with Crippen molar-refractivity contribution in [1.82, 2.24) is 9.78 Å². The van der Waals surface area contributed by atoms with E-state index in [2.05, 4.69) is 5.10 Å². The summed E-state index contributed by atoms with van der Waals surface area (Å²) in [6.07, 6.45) is 1.17. The number of hydrogen-bond acceptors (Lipinski definition) is 5. The number of thioether (sulfide) groups is 1. The Morgan fingerprint density at radius 2 is 2.00 bits per heavy atom. The third kappa shape index (κ3) is 3.70. The number of amides is 1. The van der Waals surface area contributed by atoms with Gasteiger partial charge in [-0.05, 0) is 36.9 Å². The van der Waals surface area contributed by atoms with Crippen LogP contribution in [0, 0.1) is 6.92 Å². The molecule has 0 atom stereocenters. The number of para-hydroxylation sites is 1. The minimum absolute atomic E-state index is 0.0346. The number of aromatic nitrogens is 2. The smallest absolute Gasteiger partial charge is 0.237 e. The van der Waals surface area contributed by atoms with Gasteiger partial charge in [-0.1, -0.05) is 36.0 Å². The summed E-state index contributed by atoms with van der Waals surface area (Å²) < 4.78 is 1.87. The van der Waals surface area contributed by atoms with E-state index in [9.17, 15) is 9.59 Å². The lowest BCUT2D eigenvalue weighted by Crippen LogP contribution is -2.39. The molecule has 1 aliphatic heterocycles. The highest BCUT2D eigenvalue weighted by molar-refractivity contribution is 8.00. The number of aryl methyl sites for hydroxylation is 2. The standard InChI is InChI=1S/C20H19N3O2S2/c1-14-19-20(23(21-14)15-6-3-2-4-7-15)27-13-18(25)22(19)12-16(24)9-10-17-8-5-11-26-17/h2-8,11H,9-10,12-13H2,1H3. The Labute approximate surface area is 166 Å². The Bertz CT molecular complexity index is 965. The lowest BCUT2D eigenvalue weighted by atomic mass is 10.2. The number of thiophene rings is 1. The molecule has 1 aromatic carbocycles. The minimum atomic E-state index is -0.0346. The molecule has 1 amide bonds. The molecule has 0 spiro atoms. The van der Waals surface area contributed by atoms with Crippen LogP contribution in [0.5, 0.6) is 0 Å². The van der Waals surface area contributed by atoms with Gasteiger partial charge in [0.05, 0.1) is 29.4 Å². The minimum Gasteiger partial charge on any atom is -0.300 e. The fourth-order valence-corrected chi connectivity index (χ4v) is 4.94. The lowest BCUT2D eigenvalue weighted by Gasteiger charge is -2.26. The van der Waals surface area contributed by atoms with Gasteiger partial charge in [-0.15, -0.1) is 11.3 Å². The fourth-order valence-electron chi connectivity index (χ4n) is 3.16. The Morgan fingerprint density at radius 3 is 2.74 bits per heavy atom. The van der Waals surface area contributed by atoms with Crippen LogP contribution in [0.15, 0.2) is 52.9 Å². The van der Waals surface area contributed by atoms with Gasteiger partial charge < -0.3 is 4.90 Å². The molecule has 0 saturated heterocycles. The monoisotopic (exact) mass is 397 g/mol. The van der Waals surface area contributed by atoms with E-state index in [0.717, 1.165) is 28.5 Å². The van der Waals surface area contributed by atoms with Crippen molar-refractivity contribution < 1.29 is 9.59 Å². The average molecular weight is 398 g/mol. The van der Waals surface area contributed by atoms with Crippen molar-refractivity contribution in [3.05, 3.63) is 58.4 Å². The van der Waals surface area contributed by atoms with E-state index in [0.29, 0.717) is 12.2 Å². The van der Waals surface area contributed by atoms with Gasteiger partial charge in [-0.2, -0.15) is 5.10 Å². The molecule has 0 unspecified atom stereocenters. The van der Waals surface area contributed by atoms with Gasteiger partial charge in [0.15, 0.2) is 5.78 Å². The molecule has 0 radical (unpaired) electrons. The van der Waals surface area contributed by atoms with Crippen molar-refractivity contribution in [3.8, 4) is 5.69 Å². The maximum atomic E-state index is 12.5. The van der Waals surface area contributed by atoms with Crippen molar-refractivity contribution in [1.29, 1.82) is 0 Å². The van der Waals surface area contributed by atoms with Crippen LogP contribution in [0.2, 0.25) is 0 Å². The molecule has 1 aliphatic rings. The van der Waals surface area contributed by atoms with Gasteiger partial charge >= 0.3 is 0 Å². The molecule has 3 aromatic rings. The number of benzene rings is 1. The Hall–Kier alpha value is -2.38. The highest BCUT2D eigenvalue weighted by Gasteiger charge is 2.32. The van der Waals surface area contributed by atoms with Crippen molar-refractivity contribution in [2.24, 2.45) is 0 Å². The summed E-state index contributed by atoms with van der Waals surface area (Å²) in [7, 11) is 0. The molecule has 2 aromatic heterocycles. The van der Waals surface area contributed by atoms with E-state index in [4.69, 9.17) is 0 Å². The highest BCUT2D eigenvalue weighted by atomic mass is 32.2. The molecule has 0 fully saturated rings. The maximum absolute atomic E-state index is 12.5. The second-order valence-electron chi connectivity index (χ2n) is 6.37. The van der Waals surface area contributed by atoms with E-state index in [1.807, 2.05) is 59.5 Å². The van der Waals surface area contributed by atoms with Gasteiger partial charge in [0.25, 0.3) is 0 Å². The first kappa shape index (κ1) is 18.0. The van der Waals surface area contributed by atoms with Gasteiger partial charge in [-0.3, -0.25) is 9.59 Å². The van der Waals surface area contributed by atoms with Gasteiger partial charge in [-0.25, -0.2) is 4.68 Å². The summed E-state index contributed by atoms with van der Waals surface area (Å²) in [6.45, 7) is 2.00. The van der Waals surface area contributed by atoms with Crippen molar-refractivity contribution in [2.75, 3.05) is 17.2 Å². The molecular weight excluding hydrogens is 378 g/mol. The maximum Gasteiger partial charge on any atom is 0.237 e. The second-order valence-corrected chi connectivity index (χ2v) is 8.37. The number of ketones is 1. The molecule has 0 saturated carbocycles. The molecule has 27 heavy (non-hydrogen) atoms. The molecule has 7 heteroatoms. The third-order valence-electron chi connectivity index (χ3n) is 4.46. The fraction of sp³-hybridized carbons (Fsp3) is 0.250. The average Bonchev–Trinajstić information content (AvgIpc) is 3.31. The predicted octanol–water partition coefficient (Wildman–Crippen LogP) is 3.88. The van der Waals surface area contributed by atoms with Crippen LogP contribution < -0.4 is 4.90 Å². The summed E-state index contributed by atoms with van der Waals surface area (Å²) in [5.41, 5.74) is 2.48. The molecule has 0 N–H and O–H groups in total. The molecule has 4 rings (SSSR count). The van der Waals surface area contributed by atoms with Crippen LogP contribution in [-0.4, -0.2) is 33.8 Å². The number of carbonyl (C=O) groups is 2. The zero-order chi connectivity index (χ0) is 18.8. The summed E-state index contributed by atoms with van der Waals surface area (Å²) >= 11 is 3.14. The molecule has 3 heterocycles. The number of hydrogen-bond donors (Lipinski definition) is 0. The molecular formula is C20H19N3O2S2. The van der Waals surface area contributed by atoms with Crippen LogP contribution in [-0.2, 0) is 16.0 Å². The summed E-state index contributed by atoms with van der Waals surface area (Å²) in [4.78, 5) is 27.9. The van der Waals surface area contributed by atoms with Crippen LogP contribution in [0.1, 0.15) is 17.0 Å². The quantitative estimate of drug-likeness (QED) is 0.633. The zero-order valence-electron chi connectivity index (χ0n) is 14.9. The van der Waals surface area contributed by atoms with E-state index in [-0.39, 0.29) is 18.2 Å². The van der Waals surface area contributed by atoms with E-state index in [1.165, 1.54) is 16.6 Å². The topological polar surface area (TPSA) is 55.2 Å². The van der Waals surface area contributed by atoms with E-state index < -0.39 is 0 Å².